The van der Waals surface area contributed by atoms with E-state index in [4.69, 9.17) is 4.74 Å². The average Bonchev–Trinajstić information content (AvgIpc) is 2.46. The van der Waals surface area contributed by atoms with E-state index < -0.39 is 5.79 Å². The molecule has 0 saturated heterocycles. The van der Waals surface area contributed by atoms with Crippen LogP contribution in [0.3, 0.4) is 0 Å². The average molecular weight is 273 g/mol. The number of hydrogen-bond acceptors (Lipinski definition) is 3. The quantitative estimate of drug-likeness (QED) is 0.809. The normalized spacial score (nSPS) is 22.1. The molecule has 20 heavy (non-hydrogen) atoms. The fourth-order valence-corrected chi connectivity index (χ4v) is 2.08. The van der Waals surface area contributed by atoms with Gasteiger partial charge in [0.1, 0.15) is 0 Å². The molecule has 0 saturated carbocycles. The number of aliphatic hydroxyl groups is 1. The maximum absolute atomic E-state index is 10.4. The van der Waals surface area contributed by atoms with Gasteiger partial charge in [-0.3, -0.25) is 0 Å². The van der Waals surface area contributed by atoms with Gasteiger partial charge in [0, 0.05) is 13.0 Å². The molecule has 1 aliphatic carbocycles. The summed E-state index contributed by atoms with van der Waals surface area (Å²) in [6.07, 6.45) is 7.31. The highest BCUT2D eigenvalue weighted by Gasteiger charge is 2.25. The van der Waals surface area contributed by atoms with Gasteiger partial charge in [-0.1, -0.05) is 48.1 Å². The summed E-state index contributed by atoms with van der Waals surface area (Å²) in [6, 6.07) is 9.90. The maximum Gasteiger partial charge on any atom is 0.189 e. The molecule has 0 heterocycles. The zero-order valence-electron chi connectivity index (χ0n) is 12.2. The van der Waals surface area contributed by atoms with Gasteiger partial charge in [-0.25, -0.2) is 0 Å². The molecule has 1 unspecified atom stereocenters. The lowest BCUT2D eigenvalue weighted by atomic mass is 9.99. The van der Waals surface area contributed by atoms with Crippen molar-refractivity contribution in [3.63, 3.8) is 0 Å². The third-order valence-corrected chi connectivity index (χ3v) is 3.39. The third kappa shape index (κ3) is 4.60. The summed E-state index contributed by atoms with van der Waals surface area (Å²) in [4.78, 5) is 2.15. The summed E-state index contributed by atoms with van der Waals surface area (Å²) < 4.78 is 5.64. The second kappa shape index (κ2) is 6.84. The minimum Gasteiger partial charge on any atom is -0.362 e. The van der Waals surface area contributed by atoms with Crippen molar-refractivity contribution in [3.8, 4) is 0 Å². The highest BCUT2D eigenvalue weighted by atomic mass is 16.6. The van der Waals surface area contributed by atoms with E-state index in [0.717, 1.165) is 18.5 Å². The summed E-state index contributed by atoms with van der Waals surface area (Å²) in [5.74, 6) is -1.17. The Bertz CT molecular complexity index is 479. The molecule has 1 atom stereocenters. The number of benzene rings is 1. The van der Waals surface area contributed by atoms with Gasteiger partial charge >= 0.3 is 0 Å². The van der Waals surface area contributed by atoms with E-state index >= 15 is 0 Å². The monoisotopic (exact) mass is 273 g/mol. The molecule has 3 heteroatoms. The van der Waals surface area contributed by atoms with E-state index in [2.05, 4.69) is 25.1 Å². The Hall–Kier alpha value is -1.42. The first-order valence-electron chi connectivity index (χ1n) is 7.01. The van der Waals surface area contributed by atoms with Crippen LogP contribution in [0.15, 0.2) is 54.1 Å². The van der Waals surface area contributed by atoms with Gasteiger partial charge in [-0.15, -0.1) is 0 Å². The lowest BCUT2D eigenvalue weighted by molar-refractivity contribution is -0.172. The molecule has 2 rings (SSSR count). The SMILES string of the molecule is CN(C)CCC1=CCC(O)(OCc2ccccc2)C=C1. The predicted octanol–water partition coefficient (Wildman–Crippen LogP) is 2.73. The van der Waals surface area contributed by atoms with E-state index in [0.29, 0.717) is 13.0 Å². The van der Waals surface area contributed by atoms with Gasteiger partial charge in [-0.05, 0) is 32.2 Å². The fraction of sp³-hybridized carbons (Fsp3) is 0.412. The molecule has 0 aromatic heterocycles. The van der Waals surface area contributed by atoms with Crippen molar-refractivity contribution in [2.75, 3.05) is 20.6 Å². The highest BCUT2D eigenvalue weighted by molar-refractivity contribution is 5.26. The number of hydrogen-bond donors (Lipinski definition) is 1. The van der Waals surface area contributed by atoms with E-state index in [-0.39, 0.29) is 0 Å². The second-order valence-electron chi connectivity index (χ2n) is 5.49. The number of nitrogens with zero attached hydrogens (tertiary/aromatic N) is 1. The van der Waals surface area contributed by atoms with Crippen molar-refractivity contribution < 1.29 is 9.84 Å². The summed E-state index contributed by atoms with van der Waals surface area (Å²) in [5, 5.41) is 10.4. The number of ether oxygens (including phenoxy) is 1. The van der Waals surface area contributed by atoms with Crippen molar-refractivity contribution in [3.05, 3.63) is 59.7 Å². The van der Waals surface area contributed by atoms with Crippen LogP contribution in [0.4, 0.5) is 0 Å². The van der Waals surface area contributed by atoms with Crippen LogP contribution in [0.5, 0.6) is 0 Å². The van der Waals surface area contributed by atoms with Crippen molar-refractivity contribution in [2.24, 2.45) is 0 Å². The van der Waals surface area contributed by atoms with Gasteiger partial charge in [0.25, 0.3) is 0 Å². The predicted molar refractivity (Wildman–Crippen MR) is 81.2 cm³/mol. The minimum atomic E-state index is -1.17. The van der Waals surface area contributed by atoms with Crippen LogP contribution in [0.2, 0.25) is 0 Å². The standard InChI is InChI=1S/C17H23NO2/c1-18(2)13-10-15-8-11-17(19,12-9-15)20-14-16-6-4-3-5-7-16/h3-9,11,19H,10,12-14H2,1-2H3. The molecule has 3 nitrogen and oxygen atoms in total. The topological polar surface area (TPSA) is 32.7 Å². The van der Waals surface area contributed by atoms with E-state index in [1.54, 1.807) is 6.08 Å². The molecule has 0 spiro atoms. The highest BCUT2D eigenvalue weighted by Crippen LogP contribution is 2.25. The van der Waals surface area contributed by atoms with Gasteiger partial charge in [0.05, 0.1) is 6.61 Å². The molecule has 108 valence electrons. The lowest BCUT2D eigenvalue weighted by Gasteiger charge is -2.27. The summed E-state index contributed by atoms with van der Waals surface area (Å²) in [7, 11) is 4.12. The summed E-state index contributed by atoms with van der Waals surface area (Å²) in [6.45, 7) is 1.43. The molecule has 1 aliphatic rings. The lowest BCUT2D eigenvalue weighted by Crippen LogP contribution is -2.30. The Kier molecular flexibility index (Phi) is 5.12. The van der Waals surface area contributed by atoms with Crippen LogP contribution in [-0.2, 0) is 11.3 Å². The molecule has 1 aromatic carbocycles. The fourth-order valence-electron chi connectivity index (χ4n) is 2.08. The van der Waals surface area contributed by atoms with Crippen LogP contribution in [0.1, 0.15) is 18.4 Å². The van der Waals surface area contributed by atoms with Gasteiger partial charge in [0.15, 0.2) is 5.79 Å². The first-order valence-corrected chi connectivity index (χ1v) is 7.01. The molecule has 1 aromatic rings. The zero-order chi connectivity index (χ0) is 14.4. The number of allylic oxidation sites excluding steroid dienone is 1. The second-order valence-corrected chi connectivity index (χ2v) is 5.49. The van der Waals surface area contributed by atoms with Crippen LogP contribution < -0.4 is 0 Å². The Balaban J connectivity index is 1.84. The van der Waals surface area contributed by atoms with Gasteiger partial charge in [-0.2, -0.15) is 0 Å². The molecular formula is C17H23NO2. The number of rotatable bonds is 6. The van der Waals surface area contributed by atoms with Crippen LogP contribution >= 0.6 is 0 Å². The first kappa shape index (κ1) is 15.0. The van der Waals surface area contributed by atoms with Gasteiger partial charge < -0.3 is 14.7 Å². The Labute approximate surface area is 121 Å². The minimum absolute atomic E-state index is 0.419. The molecule has 0 amide bonds. The van der Waals surface area contributed by atoms with Crippen molar-refractivity contribution in [1.29, 1.82) is 0 Å². The summed E-state index contributed by atoms with van der Waals surface area (Å²) in [5.41, 5.74) is 2.32. The van der Waals surface area contributed by atoms with Crippen LogP contribution in [0, 0.1) is 0 Å². The maximum atomic E-state index is 10.4. The van der Waals surface area contributed by atoms with Gasteiger partial charge in [0.2, 0.25) is 0 Å². The molecule has 0 aliphatic heterocycles. The molecule has 0 radical (unpaired) electrons. The first-order chi connectivity index (χ1) is 9.57. The molecule has 0 fully saturated rings. The Morgan fingerprint density at radius 1 is 1.25 bits per heavy atom. The van der Waals surface area contributed by atoms with E-state index in [1.165, 1.54) is 5.57 Å². The van der Waals surface area contributed by atoms with Crippen molar-refractivity contribution >= 4 is 0 Å². The van der Waals surface area contributed by atoms with Crippen LogP contribution in [-0.4, -0.2) is 36.4 Å². The smallest absolute Gasteiger partial charge is 0.189 e. The van der Waals surface area contributed by atoms with Crippen molar-refractivity contribution in [2.45, 2.75) is 25.2 Å². The largest absolute Gasteiger partial charge is 0.362 e. The molecule has 1 N–H and O–H groups in total. The van der Waals surface area contributed by atoms with E-state index in [1.807, 2.05) is 36.4 Å². The van der Waals surface area contributed by atoms with E-state index in [9.17, 15) is 5.11 Å². The Morgan fingerprint density at radius 2 is 2.00 bits per heavy atom. The Morgan fingerprint density at radius 3 is 2.60 bits per heavy atom. The third-order valence-electron chi connectivity index (χ3n) is 3.39. The molecule has 0 bridgehead atoms. The zero-order valence-corrected chi connectivity index (χ0v) is 12.2. The summed E-state index contributed by atoms with van der Waals surface area (Å²) >= 11 is 0. The molecular weight excluding hydrogens is 250 g/mol. The van der Waals surface area contributed by atoms with Crippen molar-refractivity contribution in [1.82, 2.24) is 4.90 Å². The van der Waals surface area contributed by atoms with Crippen LogP contribution in [0.25, 0.3) is 0 Å².